The van der Waals surface area contributed by atoms with Crippen molar-refractivity contribution in [2.75, 3.05) is 13.1 Å². The third-order valence-electron chi connectivity index (χ3n) is 1.98. The first-order valence-electron chi connectivity index (χ1n) is 4.33. The van der Waals surface area contributed by atoms with Crippen molar-refractivity contribution in [3.63, 3.8) is 0 Å². The molecule has 1 aliphatic rings. The Kier molecular flexibility index (Phi) is 3.36. The van der Waals surface area contributed by atoms with Crippen molar-refractivity contribution in [2.24, 2.45) is 0 Å². The molecule has 0 aromatic rings. The van der Waals surface area contributed by atoms with Crippen LogP contribution in [-0.2, 0) is 4.79 Å². The number of nitrogens with one attached hydrogen (secondary N) is 2. The van der Waals surface area contributed by atoms with Gasteiger partial charge in [-0.15, -0.1) is 0 Å². The Morgan fingerprint density at radius 2 is 2.55 bits per heavy atom. The van der Waals surface area contributed by atoms with Crippen molar-refractivity contribution < 1.29 is 4.79 Å². The minimum Gasteiger partial charge on any atom is -0.352 e. The number of hydrogen-bond donors (Lipinski definition) is 2. The van der Waals surface area contributed by atoms with Crippen LogP contribution in [0.3, 0.4) is 0 Å². The van der Waals surface area contributed by atoms with Gasteiger partial charge in [0.05, 0.1) is 0 Å². The molecule has 0 bridgehead atoms. The lowest BCUT2D eigenvalue weighted by Crippen LogP contribution is -2.45. The molecular formula is C8H16N2O. The minimum absolute atomic E-state index is 0.165. The highest BCUT2D eigenvalue weighted by molar-refractivity contribution is 5.75. The molecular weight excluding hydrogens is 140 g/mol. The van der Waals surface area contributed by atoms with Crippen LogP contribution in [0.25, 0.3) is 0 Å². The summed E-state index contributed by atoms with van der Waals surface area (Å²) >= 11 is 0. The summed E-state index contributed by atoms with van der Waals surface area (Å²) < 4.78 is 0. The molecule has 0 spiro atoms. The van der Waals surface area contributed by atoms with Crippen LogP contribution in [-0.4, -0.2) is 25.0 Å². The van der Waals surface area contributed by atoms with Gasteiger partial charge in [-0.05, 0) is 19.4 Å². The highest BCUT2D eigenvalue weighted by Crippen LogP contribution is 2.00. The van der Waals surface area contributed by atoms with Crippen LogP contribution in [0, 0.1) is 0 Å². The molecule has 1 amide bonds. The molecule has 0 saturated carbocycles. The van der Waals surface area contributed by atoms with E-state index in [4.69, 9.17) is 0 Å². The summed E-state index contributed by atoms with van der Waals surface area (Å²) in [5.74, 6) is 0.165. The minimum atomic E-state index is 0.165. The highest BCUT2D eigenvalue weighted by atomic mass is 16.1. The van der Waals surface area contributed by atoms with Crippen LogP contribution in [0.4, 0.5) is 0 Å². The van der Waals surface area contributed by atoms with E-state index in [1.54, 1.807) is 0 Å². The zero-order valence-corrected chi connectivity index (χ0v) is 7.02. The molecule has 1 heterocycles. The van der Waals surface area contributed by atoms with Crippen molar-refractivity contribution in [3.8, 4) is 0 Å². The van der Waals surface area contributed by atoms with E-state index in [0.717, 1.165) is 19.5 Å². The fourth-order valence-corrected chi connectivity index (χ4v) is 1.30. The highest BCUT2D eigenvalue weighted by Gasteiger charge is 2.13. The number of hydrogen-bond acceptors (Lipinski definition) is 2. The van der Waals surface area contributed by atoms with Gasteiger partial charge in [0.2, 0.25) is 5.91 Å². The van der Waals surface area contributed by atoms with Crippen LogP contribution < -0.4 is 10.6 Å². The van der Waals surface area contributed by atoms with E-state index in [2.05, 4.69) is 10.6 Å². The van der Waals surface area contributed by atoms with E-state index in [-0.39, 0.29) is 5.91 Å². The predicted molar refractivity (Wildman–Crippen MR) is 44.3 cm³/mol. The van der Waals surface area contributed by atoms with E-state index in [1.807, 2.05) is 6.92 Å². The second-order valence-electron chi connectivity index (χ2n) is 2.96. The van der Waals surface area contributed by atoms with Gasteiger partial charge in [0.1, 0.15) is 0 Å². The van der Waals surface area contributed by atoms with Crippen molar-refractivity contribution in [2.45, 2.75) is 32.2 Å². The van der Waals surface area contributed by atoms with Gasteiger partial charge in [0, 0.05) is 19.0 Å². The standard InChI is InChI=1S/C8H16N2O/c1-2-8(11)10-7-4-3-5-9-6-7/h7,9H,2-6H2,1H3,(H,10,11)/t7-/m0/s1. The van der Waals surface area contributed by atoms with Gasteiger partial charge in [0.15, 0.2) is 0 Å². The summed E-state index contributed by atoms with van der Waals surface area (Å²) in [6.45, 7) is 3.91. The molecule has 0 unspecified atom stereocenters. The lowest BCUT2D eigenvalue weighted by atomic mass is 10.1. The normalized spacial score (nSPS) is 24.6. The molecule has 11 heavy (non-hydrogen) atoms. The van der Waals surface area contributed by atoms with Crippen molar-refractivity contribution in [3.05, 3.63) is 0 Å². The molecule has 1 aliphatic heterocycles. The topological polar surface area (TPSA) is 41.1 Å². The molecule has 1 saturated heterocycles. The summed E-state index contributed by atoms with van der Waals surface area (Å²) in [7, 11) is 0. The summed E-state index contributed by atoms with van der Waals surface area (Å²) in [6, 6.07) is 0.371. The average Bonchev–Trinajstić information content (AvgIpc) is 2.06. The Morgan fingerprint density at radius 1 is 1.73 bits per heavy atom. The Hall–Kier alpha value is -0.570. The van der Waals surface area contributed by atoms with Gasteiger partial charge in [-0.1, -0.05) is 6.92 Å². The summed E-state index contributed by atoms with van der Waals surface area (Å²) in [5, 5.41) is 6.22. The molecule has 1 fully saturated rings. The first-order valence-corrected chi connectivity index (χ1v) is 4.33. The largest absolute Gasteiger partial charge is 0.352 e. The fourth-order valence-electron chi connectivity index (χ4n) is 1.30. The van der Waals surface area contributed by atoms with E-state index in [9.17, 15) is 4.79 Å². The quantitative estimate of drug-likeness (QED) is 0.602. The monoisotopic (exact) mass is 156 g/mol. The lowest BCUT2D eigenvalue weighted by molar-refractivity contribution is -0.121. The van der Waals surface area contributed by atoms with Crippen LogP contribution in [0.15, 0.2) is 0 Å². The van der Waals surface area contributed by atoms with E-state index in [0.29, 0.717) is 12.5 Å². The maximum atomic E-state index is 10.9. The molecule has 64 valence electrons. The molecule has 0 radical (unpaired) electrons. The van der Waals surface area contributed by atoms with Crippen LogP contribution in [0.5, 0.6) is 0 Å². The molecule has 0 aromatic carbocycles. The van der Waals surface area contributed by atoms with Crippen LogP contribution >= 0.6 is 0 Å². The molecule has 0 aromatic heterocycles. The average molecular weight is 156 g/mol. The second-order valence-corrected chi connectivity index (χ2v) is 2.96. The number of piperidine rings is 1. The maximum Gasteiger partial charge on any atom is 0.219 e. The van der Waals surface area contributed by atoms with E-state index < -0.39 is 0 Å². The summed E-state index contributed by atoms with van der Waals surface area (Å²) in [5.41, 5.74) is 0. The number of rotatable bonds is 2. The number of carbonyl (C=O) groups excluding carboxylic acids is 1. The Balaban J connectivity index is 2.19. The van der Waals surface area contributed by atoms with Gasteiger partial charge in [0.25, 0.3) is 0 Å². The molecule has 3 heteroatoms. The Labute approximate surface area is 67.5 Å². The van der Waals surface area contributed by atoms with Crippen molar-refractivity contribution in [1.29, 1.82) is 0 Å². The molecule has 0 aliphatic carbocycles. The third kappa shape index (κ3) is 2.89. The molecule has 1 rings (SSSR count). The number of amides is 1. The third-order valence-corrected chi connectivity index (χ3v) is 1.98. The Morgan fingerprint density at radius 3 is 3.09 bits per heavy atom. The number of carbonyl (C=O) groups is 1. The zero-order valence-electron chi connectivity index (χ0n) is 7.02. The van der Waals surface area contributed by atoms with Crippen molar-refractivity contribution >= 4 is 5.91 Å². The molecule has 2 N–H and O–H groups in total. The molecule has 1 atom stereocenters. The van der Waals surface area contributed by atoms with Crippen LogP contribution in [0.2, 0.25) is 0 Å². The summed E-state index contributed by atoms with van der Waals surface area (Å²) in [4.78, 5) is 10.9. The zero-order chi connectivity index (χ0) is 8.10. The predicted octanol–water partition coefficient (Wildman–Crippen LogP) is 0.265. The van der Waals surface area contributed by atoms with Gasteiger partial charge < -0.3 is 10.6 Å². The summed E-state index contributed by atoms with van der Waals surface area (Å²) in [6.07, 6.45) is 2.89. The smallest absolute Gasteiger partial charge is 0.219 e. The Bertz CT molecular complexity index is 130. The first kappa shape index (κ1) is 8.53. The SMILES string of the molecule is CCC(=O)N[C@H]1CCCNC1. The van der Waals surface area contributed by atoms with Gasteiger partial charge in [-0.3, -0.25) is 4.79 Å². The van der Waals surface area contributed by atoms with Crippen LogP contribution in [0.1, 0.15) is 26.2 Å². The second kappa shape index (κ2) is 4.34. The van der Waals surface area contributed by atoms with Crippen molar-refractivity contribution in [1.82, 2.24) is 10.6 Å². The fraction of sp³-hybridized carbons (Fsp3) is 0.875. The molecule has 3 nitrogen and oxygen atoms in total. The van der Waals surface area contributed by atoms with Gasteiger partial charge in [-0.25, -0.2) is 0 Å². The van der Waals surface area contributed by atoms with Gasteiger partial charge in [-0.2, -0.15) is 0 Å². The van der Waals surface area contributed by atoms with Gasteiger partial charge >= 0.3 is 0 Å². The first-order chi connectivity index (χ1) is 5.33. The van der Waals surface area contributed by atoms with E-state index >= 15 is 0 Å². The van der Waals surface area contributed by atoms with E-state index in [1.165, 1.54) is 6.42 Å². The lowest BCUT2D eigenvalue weighted by Gasteiger charge is -2.23. The maximum absolute atomic E-state index is 10.9.